The van der Waals surface area contributed by atoms with Crippen LogP contribution in [0.5, 0.6) is 0 Å². The van der Waals surface area contributed by atoms with Gasteiger partial charge in [-0.05, 0) is 62.4 Å². The number of aromatic amines is 2. The molecule has 0 saturated carbocycles. The van der Waals surface area contributed by atoms with Gasteiger partial charge in [-0.2, -0.15) is 9.94 Å². The fourth-order valence-electron chi connectivity index (χ4n) is 4.01. The summed E-state index contributed by atoms with van der Waals surface area (Å²) in [5.74, 6) is -1.10. The molecule has 0 saturated heterocycles. The van der Waals surface area contributed by atoms with Crippen LogP contribution in [0.4, 0.5) is 5.82 Å². The van der Waals surface area contributed by atoms with E-state index in [2.05, 4.69) is 20.8 Å². The van der Waals surface area contributed by atoms with Crippen LogP contribution in [0.25, 0.3) is 28.4 Å². The van der Waals surface area contributed by atoms with Crippen molar-refractivity contribution in [2.45, 2.75) is 13.8 Å². The van der Waals surface area contributed by atoms with Crippen molar-refractivity contribution in [1.82, 2.24) is 19.6 Å². The van der Waals surface area contributed by atoms with Gasteiger partial charge in [0.2, 0.25) is 0 Å². The summed E-state index contributed by atoms with van der Waals surface area (Å²) < 4.78 is 12.3. The Hall–Kier alpha value is -6.36. The molecule has 0 aliphatic carbocycles. The number of nitriles is 1. The van der Waals surface area contributed by atoms with Gasteiger partial charge in [-0.25, -0.2) is 19.4 Å². The molecule has 12 heteroatoms. The zero-order valence-corrected chi connectivity index (χ0v) is 23.1. The highest BCUT2D eigenvalue weighted by Gasteiger charge is 2.17. The van der Waals surface area contributed by atoms with Gasteiger partial charge in [-0.3, -0.25) is 14.7 Å². The first-order valence-electron chi connectivity index (χ1n) is 12.9. The Morgan fingerprint density at radius 3 is 2.02 bits per heavy atom. The van der Waals surface area contributed by atoms with E-state index in [1.54, 1.807) is 50.2 Å². The van der Waals surface area contributed by atoms with Crippen LogP contribution in [-0.4, -0.2) is 44.7 Å². The van der Waals surface area contributed by atoms with Crippen molar-refractivity contribution in [3.8, 4) is 17.4 Å². The summed E-state index contributed by atoms with van der Waals surface area (Å²) in [4.78, 5) is 53.7. The van der Waals surface area contributed by atoms with Crippen LogP contribution in [0.1, 0.15) is 51.4 Å². The van der Waals surface area contributed by atoms with E-state index in [1.807, 2.05) is 6.07 Å². The first-order chi connectivity index (χ1) is 20.8. The average molecular weight is 577 g/mol. The SMILES string of the molecule is [C-]#[N+]c1[nH]n(-c2cccc(C(=O)OCC)c2)c(=O)c1C=CC=C=Cc1c(C#N)[nH]n(-c2cccc(C(=O)OCC)c2)c1=O. The summed E-state index contributed by atoms with van der Waals surface area (Å²) in [6.45, 7) is 11.2. The number of benzene rings is 2. The molecule has 0 radical (unpaired) electrons. The van der Waals surface area contributed by atoms with Crippen LogP contribution >= 0.6 is 0 Å². The van der Waals surface area contributed by atoms with E-state index in [1.165, 1.54) is 36.4 Å². The molecule has 4 aromatic rings. The predicted octanol–water partition coefficient (Wildman–Crippen LogP) is 4.30. The van der Waals surface area contributed by atoms with Crippen molar-refractivity contribution in [2.24, 2.45) is 0 Å². The molecule has 2 N–H and O–H groups in total. The Bertz CT molecular complexity index is 2000. The number of nitrogens with zero attached hydrogens (tertiary/aromatic N) is 4. The highest BCUT2D eigenvalue weighted by molar-refractivity contribution is 5.90. The third kappa shape index (κ3) is 6.36. The highest BCUT2D eigenvalue weighted by atomic mass is 16.5. The first-order valence-corrected chi connectivity index (χ1v) is 12.9. The topological polar surface area (TPSA) is 156 Å². The van der Waals surface area contributed by atoms with Crippen molar-refractivity contribution in [3.05, 3.63) is 126 Å². The Morgan fingerprint density at radius 2 is 1.49 bits per heavy atom. The van der Waals surface area contributed by atoms with Crippen molar-refractivity contribution in [2.75, 3.05) is 13.2 Å². The number of allylic oxidation sites excluding steroid dienone is 2. The molecule has 2 aromatic heterocycles. The highest BCUT2D eigenvalue weighted by Crippen LogP contribution is 2.18. The fraction of sp³-hybridized carbons (Fsp3) is 0.129. The van der Waals surface area contributed by atoms with Crippen LogP contribution in [0.15, 0.2) is 76.0 Å². The van der Waals surface area contributed by atoms with Gasteiger partial charge in [-0.1, -0.05) is 30.9 Å². The Labute approximate surface area is 244 Å². The summed E-state index contributed by atoms with van der Waals surface area (Å²) in [6, 6.07) is 14.4. The lowest BCUT2D eigenvalue weighted by Crippen LogP contribution is -2.16. The first kappa shape index (κ1) is 29.6. The van der Waals surface area contributed by atoms with Gasteiger partial charge >= 0.3 is 11.9 Å². The average Bonchev–Trinajstić information content (AvgIpc) is 3.52. The molecule has 0 amide bonds. The smallest absolute Gasteiger partial charge is 0.338 e. The molecule has 0 unspecified atom stereocenters. The van der Waals surface area contributed by atoms with E-state index in [9.17, 15) is 24.4 Å². The molecular formula is C31H24N6O6. The molecule has 0 spiro atoms. The monoisotopic (exact) mass is 576 g/mol. The summed E-state index contributed by atoms with van der Waals surface area (Å²) in [5.41, 5.74) is 2.96. The van der Waals surface area contributed by atoms with Crippen LogP contribution in [-0.2, 0) is 9.47 Å². The number of carbonyl (C=O) groups excluding carboxylic acids is 2. The standard InChI is InChI=1S/C31H24N6O6/c1-4-42-30(40)20-11-9-13-22(17-20)36-28(38)24(26(19-32)34-36)15-7-6-8-16-25-27(33-3)35-37(29(25)39)23-14-10-12-21(18-23)31(41)43-5-2/h6,8-18,34-35H,4-5H2,1-2H3. The quantitative estimate of drug-likeness (QED) is 0.130. The number of H-pyrrole nitrogens is 2. The molecule has 0 fully saturated rings. The molecule has 4 rings (SSSR count). The van der Waals surface area contributed by atoms with Crippen LogP contribution in [0.2, 0.25) is 0 Å². The molecule has 214 valence electrons. The maximum atomic E-state index is 13.1. The Balaban J connectivity index is 1.62. The van der Waals surface area contributed by atoms with Crippen molar-refractivity contribution in [1.29, 1.82) is 5.26 Å². The van der Waals surface area contributed by atoms with Gasteiger partial charge in [-0.15, -0.1) is 5.73 Å². The number of hydrogen-bond acceptors (Lipinski definition) is 7. The number of aromatic nitrogens is 4. The number of esters is 2. The molecule has 2 heterocycles. The minimum atomic E-state index is -0.545. The van der Waals surface area contributed by atoms with E-state index in [-0.39, 0.29) is 47.0 Å². The van der Waals surface area contributed by atoms with Gasteiger partial charge in [0.15, 0.2) is 0 Å². The van der Waals surface area contributed by atoms with Gasteiger partial charge in [0.1, 0.15) is 11.8 Å². The van der Waals surface area contributed by atoms with E-state index in [4.69, 9.17) is 16.0 Å². The third-order valence-corrected chi connectivity index (χ3v) is 5.97. The second kappa shape index (κ2) is 13.3. The summed E-state index contributed by atoms with van der Waals surface area (Å²) in [6.07, 6.45) is 5.57. The van der Waals surface area contributed by atoms with Crippen LogP contribution in [0, 0.1) is 17.9 Å². The van der Waals surface area contributed by atoms with Crippen LogP contribution < -0.4 is 11.1 Å². The van der Waals surface area contributed by atoms with E-state index < -0.39 is 23.1 Å². The molecule has 12 nitrogen and oxygen atoms in total. The van der Waals surface area contributed by atoms with Crippen molar-refractivity contribution < 1.29 is 19.1 Å². The lowest BCUT2D eigenvalue weighted by Gasteiger charge is -2.05. The van der Waals surface area contributed by atoms with Gasteiger partial charge in [0.05, 0.1) is 46.8 Å². The predicted molar refractivity (Wildman–Crippen MR) is 157 cm³/mol. The second-order valence-corrected chi connectivity index (χ2v) is 8.66. The maximum absolute atomic E-state index is 13.1. The lowest BCUT2D eigenvalue weighted by molar-refractivity contribution is 0.0516. The van der Waals surface area contributed by atoms with Crippen LogP contribution in [0.3, 0.4) is 0 Å². The van der Waals surface area contributed by atoms with Crippen molar-refractivity contribution >= 4 is 29.9 Å². The Kier molecular flexibility index (Phi) is 9.18. The molecule has 0 aliphatic heterocycles. The van der Waals surface area contributed by atoms with Gasteiger partial charge in [0.25, 0.3) is 16.9 Å². The van der Waals surface area contributed by atoms with Gasteiger partial charge < -0.3 is 14.3 Å². The summed E-state index contributed by atoms with van der Waals surface area (Å²) in [5, 5.41) is 15.0. The molecule has 0 atom stereocenters. The van der Waals surface area contributed by atoms with E-state index >= 15 is 0 Å². The Morgan fingerprint density at radius 1 is 0.930 bits per heavy atom. The lowest BCUT2D eigenvalue weighted by atomic mass is 10.2. The van der Waals surface area contributed by atoms with E-state index in [0.29, 0.717) is 11.4 Å². The zero-order valence-electron chi connectivity index (χ0n) is 23.1. The van der Waals surface area contributed by atoms with Gasteiger partial charge in [0, 0.05) is 0 Å². The molecule has 0 bridgehead atoms. The zero-order chi connectivity index (χ0) is 30.9. The molecule has 2 aromatic carbocycles. The number of rotatable bonds is 9. The molecular weight excluding hydrogens is 552 g/mol. The normalized spacial score (nSPS) is 10.4. The number of ether oxygens (including phenoxy) is 2. The number of hydrogen-bond donors (Lipinski definition) is 2. The molecule has 0 aliphatic rings. The number of carbonyl (C=O) groups is 2. The van der Waals surface area contributed by atoms with E-state index in [0.717, 1.165) is 9.36 Å². The second-order valence-electron chi connectivity index (χ2n) is 8.66. The minimum absolute atomic E-state index is 0.0227. The summed E-state index contributed by atoms with van der Waals surface area (Å²) >= 11 is 0. The largest absolute Gasteiger partial charge is 0.462 e. The fourth-order valence-corrected chi connectivity index (χ4v) is 4.01. The maximum Gasteiger partial charge on any atom is 0.338 e. The minimum Gasteiger partial charge on any atom is -0.462 e. The number of nitrogens with one attached hydrogen (secondary N) is 2. The summed E-state index contributed by atoms with van der Waals surface area (Å²) in [7, 11) is 0. The third-order valence-electron chi connectivity index (χ3n) is 5.97. The van der Waals surface area contributed by atoms with Crippen molar-refractivity contribution in [3.63, 3.8) is 0 Å². The molecule has 43 heavy (non-hydrogen) atoms.